The van der Waals surface area contributed by atoms with E-state index in [4.69, 9.17) is 18.9 Å². The fourth-order valence-corrected chi connectivity index (χ4v) is 6.42. The topological polar surface area (TPSA) is 127 Å². The molecular formula is C35H39NO8. The van der Waals surface area contributed by atoms with Crippen molar-refractivity contribution < 1.29 is 38.7 Å². The van der Waals surface area contributed by atoms with Gasteiger partial charge in [0.25, 0.3) is 0 Å². The Morgan fingerprint density at radius 2 is 1.95 bits per heavy atom. The highest BCUT2D eigenvalue weighted by Gasteiger charge is 2.43. The van der Waals surface area contributed by atoms with Crippen molar-refractivity contribution >= 4 is 28.2 Å². The van der Waals surface area contributed by atoms with Gasteiger partial charge in [-0.15, -0.1) is 0 Å². The molecule has 3 heterocycles. The van der Waals surface area contributed by atoms with E-state index in [1.54, 1.807) is 26.8 Å². The number of carbonyl (C=O) groups excluding carboxylic acids is 2. The first kappa shape index (κ1) is 30.0. The van der Waals surface area contributed by atoms with Gasteiger partial charge in [-0.25, -0.2) is 4.79 Å². The van der Waals surface area contributed by atoms with Crippen LogP contribution in [0.2, 0.25) is 0 Å². The quantitative estimate of drug-likeness (QED) is 0.283. The van der Waals surface area contributed by atoms with Gasteiger partial charge in [-0.2, -0.15) is 0 Å². The van der Waals surface area contributed by atoms with Crippen molar-refractivity contribution in [1.82, 2.24) is 4.98 Å². The van der Waals surface area contributed by atoms with Crippen molar-refractivity contribution in [3.63, 3.8) is 0 Å². The van der Waals surface area contributed by atoms with Crippen LogP contribution in [0.5, 0.6) is 17.2 Å². The number of fused-ring (bicyclic) bond motifs is 3. The minimum atomic E-state index is -1.16. The number of H-pyrrole nitrogens is 1. The molecule has 232 valence electrons. The molecule has 3 aromatic rings. The van der Waals surface area contributed by atoms with E-state index in [1.165, 1.54) is 0 Å². The number of rotatable bonds is 8. The Morgan fingerprint density at radius 1 is 1.14 bits per heavy atom. The second kappa shape index (κ2) is 11.8. The predicted molar refractivity (Wildman–Crippen MR) is 165 cm³/mol. The second-order valence-corrected chi connectivity index (χ2v) is 12.2. The van der Waals surface area contributed by atoms with Crippen molar-refractivity contribution in [1.29, 1.82) is 0 Å². The largest absolute Gasteiger partial charge is 0.492 e. The summed E-state index contributed by atoms with van der Waals surface area (Å²) in [4.78, 5) is 29.6. The molecule has 9 nitrogen and oxygen atoms in total. The molecule has 0 bridgehead atoms. The van der Waals surface area contributed by atoms with Crippen LogP contribution < -0.4 is 14.2 Å². The van der Waals surface area contributed by atoms with Gasteiger partial charge in [-0.3, -0.25) is 4.79 Å². The van der Waals surface area contributed by atoms with Crippen molar-refractivity contribution in [3.05, 3.63) is 70.1 Å². The van der Waals surface area contributed by atoms with Crippen molar-refractivity contribution in [2.24, 2.45) is 0 Å². The molecule has 0 spiro atoms. The first-order chi connectivity index (χ1) is 21.1. The number of hydrogen-bond acceptors (Lipinski definition) is 8. The van der Waals surface area contributed by atoms with E-state index < -0.39 is 24.3 Å². The molecule has 1 saturated carbocycles. The fourth-order valence-electron chi connectivity index (χ4n) is 6.42. The number of nitrogens with one attached hydrogen (secondary N) is 1. The predicted octanol–water partition coefficient (Wildman–Crippen LogP) is 5.65. The van der Waals surface area contributed by atoms with Gasteiger partial charge in [-0.05, 0) is 80.8 Å². The maximum Gasteiger partial charge on any atom is 0.374 e. The molecule has 2 atom stereocenters. The summed E-state index contributed by atoms with van der Waals surface area (Å²) < 4.78 is 24.2. The lowest BCUT2D eigenvalue weighted by molar-refractivity contribution is -0.141. The number of benzene rings is 2. The van der Waals surface area contributed by atoms with Gasteiger partial charge in [0.2, 0.25) is 5.76 Å². The molecule has 44 heavy (non-hydrogen) atoms. The highest BCUT2D eigenvalue weighted by molar-refractivity contribution is 5.98. The van der Waals surface area contributed by atoms with Crippen LogP contribution in [0.15, 0.2) is 47.9 Å². The molecule has 1 fully saturated rings. The average Bonchev–Trinajstić information content (AvgIpc) is 3.66. The van der Waals surface area contributed by atoms with Crippen LogP contribution in [0.25, 0.3) is 16.5 Å². The minimum Gasteiger partial charge on any atom is -0.492 e. The maximum atomic E-state index is 13.4. The minimum absolute atomic E-state index is 0.0165. The van der Waals surface area contributed by atoms with Crippen LogP contribution in [0.1, 0.15) is 81.5 Å². The number of hydrogen-bond donors (Lipinski definition) is 3. The molecule has 0 unspecified atom stereocenters. The lowest BCUT2D eigenvalue weighted by atomic mass is 9.76. The van der Waals surface area contributed by atoms with E-state index in [-0.39, 0.29) is 29.8 Å². The third-order valence-corrected chi connectivity index (χ3v) is 8.70. The van der Waals surface area contributed by atoms with Crippen LogP contribution in [-0.2, 0) is 27.4 Å². The molecule has 0 amide bonds. The summed E-state index contributed by atoms with van der Waals surface area (Å²) in [5.74, 6) is 0.375. The molecule has 6 rings (SSSR count). The van der Waals surface area contributed by atoms with Gasteiger partial charge < -0.3 is 34.1 Å². The average molecular weight is 602 g/mol. The number of esters is 1. The van der Waals surface area contributed by atoms with E-state index in [0.717, 1.165) is 39.6 Å². The highest BCUT2D eigenvalue weighted by atomic mass is 16.6. The Labute approximate surface area is 256 Å². The van der Waals surface area contributed by atoms with Crippen molar-refractivity contribution in [3.8, 4) is 17.2 Å². The number of aliphatic hydroxyl groups excluding tert-OH is 1. The van der Waals surface area contributed by atoms with Gasteiger partial charge in [0.15, 0.2) is 0 Å². The van der Waals surface area contributed by atoms with Gasteiger partial charge in [0.05, 0.1) is 36.5 Å². The van der Waals surface area contributed by atoms with E-state index in [2.05, 4.69) is 11.1 Å². The van der Waals surface area contributed by atoms with Gasteiger partial charge in [0, 0.05) is 36.0 Å². The number of ketones is 1. The SMILES string of the molecule is CCCOc1c2c(c(CO)c3c1/C(=C1\CCC(=O)[C@H](c4ccc5[nH]ccc5c4)C1)C=C(C(=O)OCC)O3)O[C@H](C(C)(C)O)C2. The number of aromatic amines is 1. The number of Topliss-reactive ketones (excluding diaryl/α,β-unsaturated/α-hetero) is 1. The molecule has 0 saturated heterocycles. The fraction of sp³-hybridized carbons (Fsp3) is 0.429. The lowest BCUT2D eigenvalue weighted by Gasteiger charge is -2.30. The summed E-state index contributed by atoms with van der Waals surface area (Å²) in [5.41, 5.74) is 4.23. The zero-order chi connectivity index (χ0) is 31.2. The third-order valence-electron chi connectivity index (χ3n) is 8.70. The molecule has 3 aliphatic rings. The summed E-state index contributed by atoms with van der Waals surface area (Å²) >= 11 is 0. The summed E-state index contributed by atoms with van der Waals surface area (Å²) in [6.07, 6.45) is 5.41. The Morgan fingerprint density at radius 3 is 2.68 bits per heavy atom. The summed E-state index contributed by atoms with van der Waals surface area (Å²) in [6, 6.07) is 8.04. The zero-order valence-electron chi connectivity index (χ0n) is 25.6. The molecule has 0 radical (unpaired) electrons. The summed E-state index contributed by atoms with van der Waals surface area (Å²) in [7, 11) is 0. The third kappa shape index (κ3) is 5.28. The molecule has 2 aromatic carbocycles. The van der Waals surface area contributed by atoms with E-state index in [1.807, 2.05) is 31.3 Å². The van der Waals surface area contributed by atoms with Crippen molar-refractivity contribution in [2.45, 2.75) is 84.0 Å². The highest BCUT2D eigenvalue weighted by Crippen LogP contribution is 2.55. The van der Waals surface area contributed by atoms with Crippen LogP contribution in [-0.4, -0.2) is 51.9 Å². The molecular weight excluding hydrogens is 562 g/mol. The molecule has 1 aromatic heterocycles. The Bertz CT molecular complexity index is 1690. The summed E-state index contributed by atoms with van der Waals surface area (Å²) in [5, 5.41) is 22.6. The van der Waals surface area contributed by atoms with E-state index >= 15 is 0 Å². The van der Waals surface area contributed by atoms with E-state index in [9.17, 15) is 19.8 Å². The number of aliphatic hydroxyl groups is 2. The Balaban J connectivity index is 1.55. The molecule has 2 aliphatic heterocycles. The molecule has 3 N–H and O–H groups in total. The molecule has 1 aliphatic carbocycles. The standard InChI is InChI=1S/C35H39NO8/c1-5-13-42-32-24-17-29(35(3,4)40)44-31(24)25(18-37)33-30(32)23(16-28(43-33)34(39)41-6-2)20-8-10-27(38)22(15-20)19-7-9-26-21(14-19)11-12-36-26/h7,9,11-12,14,16,22,29,36-37,40H,5-6,8,10,13,15,17-18H2,1-4H3/b23-20+/t22-,29-/m0/s1. The van der Waals surface area contributed by atoms with Crippen LogP contribution >= 0.6 is 0 Å². The smallest absolute Gasteiger partial charge is 0.374 e. The second-order valence-electron chi connectivity index (χ2n) is 12.2. The van der Waals surface area contributed by atoms with Crippen LogP contribution in [0, 0.1) is 0 Å². The number of carbonyl (C=O) groups is 2. The van der Waals surface area contributed by atoms with Gasteiger partial charge >= 0.3 is 5.97 Å². The lowest BCUT2D eigenvalue weighted by Crippen LogP contribution is -2.39. The first-order valence-electron chi connectivity index (χ1n) is 15.4. The monoisotopic (exact) mass is 601 g/mol. The summed E-state index contributed by atoms with van der Waals surface area (Å²) in [6.45, 7) is 7.26. The zero-order valence-corrected chi connectivity index (χ0v) is 25.6. The normalized spacial score (nSPS) is 21.3. The van der Waals surface area contributed by atoms with Crippen LogP contribution in [0.4, 0.5) is 0 Å². The van der Waals surface area contributed by atoms with Gasteiger partial charge in [-0.1, -0.05) is 18.6 Å². The van der Waals surface area contributed by atoms with E-state index in [0.29, 0.717) is 54.9 Å². The van der Waals surface area contributed by atoms with Crippen molar-refractivity contribution in [2.75, 3.05) is 13.2 Å². The first-order valence-corrected chi connectivity index (χ1v) is 15.4. The Kier molecular flexibility index (Phi) is 8.02. The number of allylic oxidation sites excluding steroid dienone is 3. The molecule has 9 heteroatoms. The van der Waals surface area contributed by atoms with Crippen LogP contribution in [0.3, 0.4) is 0 Å². The number of ether oxygens (including phenoxy) is 4. The van der Waals surface area contributed by atoms with Gasteiger partial charge in [0.1, 0.15) is 29.1 Å². The number of aromatic nitrogens is 1. The maximum absolute atomic E-state index is 13.4. The Hall–Kier alpha value is -4.08.